The average Bonchev–Trinajstić information content (AvgIpc) is 3.00. The van der Waals surface area contributed by atoms with Crippen LogP contribution in [0.3, 0.4) is 0 Å². The molecule has 2 N–H and O–H groups in total. The zero-order chi connectivity index (χ0) is 9.80. The first-order valence-electron chi connectivity index (χ1n) is 5.89. The first kappa shape index (κ1) is 9.81. The number of amides is 2. The topological polar surface area (TPSA) is 41.1 Å². The zero-order valence-electron chi connectivity index (χ0n) is 8.72. The smallest absolute Gasteiger partial charge is 0.315 e. The Kier molecular flexibility index (Phi) is 3.27. The molecule has 2 aliphatic carbocycles. The second kappa shape index (κ2) is 4.67. The predicted molar refractivity (Wildman–Crippen MR) is 56.1 cm³/mol. The van der Waals surface area contributed by atoms with Gasteiger partial charge in [0, 0.05) is 12.6 Å². The van der Waals surface area contributed by atoms with Crippen molar-refractivity contribution in [3.05, 3.63) is 0 Å². The van der Waals surface area contributed by atoms with Gasteiger partial charge in [-0.05, 0) is 31.6 Å². The number of nitrogens with one attached hydrogen (secondary N) is 2. The minimum Gasteiger partial charge on any atom is -0.338 e. The van der Waals surface area contributed by atoms with Crippen molar-refractivity contribution in [3.8, 4) is 0 Å². The molecule has 3 heteroatoms. The SMILES string of the molecule is O=C(NCC1CCCCC1)NC1CC1. The number of hydrogen-bond donors (Lipinski definition) is 2. The summed E-state index contributed by atoms with van der Waals surface area (Å²) in [4.78, 5) is 11.3. The average molecular weight is 196 g/mol. The van der Waals surface area contributed by atoms with Crippen LogP contribution in [0.15, 0.2) is 0 Å². The molecule has 0 aliphatic heterocycles. The van der Waals surface area contributed by atoms with Crippen molar-refractivity contribution in [2.45, 2.75) is 51.0 Å². The van der Waals surface area contributed by atoms with Crippen LogP contribution in [0.25, 0.3) is 0 Å². The summed E-state index contributed by atoms with van der Waals surface area (Å²) in [6.45, 7) is 0.874. The standard InChI is InChI=1S/C11H20N2O/c14-11(13-10-6-7-10)12-8-9-4-2-1-3-5-9/h9-10H,1-8H2,(H2,12,13,14). The Labute approximate surface area is 85.6 Å². The van der Waals surface area contributed by atoms with Crippen LogP contribution in [0.2, 0.25) is 0 Å². The molecule has 0 aromatic heterocycles. The van der Waals surface area contributed by atoms with Crippen molar-refractivity contribution in [3.63, 3.8) is 0 Å². The summed E-state index contributed by atoms with van der Waals surface area (Å²) < 4.78 is 0. The summed E-state index contributed by atoms with van der Waals surface area (Å²) in [5, 5.41) is 5.92. The molecule has 0 saturated heterocycles. The fourth-order valence-electron chi connectivity index (χ4n) is 2.09. The second-order valence-corrected chi connectivity index (χ2v) is 4.63. The van der Waals surface area contributed by atoms with Gasteiger partial charge in [-0.3, -0.25) is 0 Å². The molecule has 2 fully saturated rings. The molecule has 0 aromatic carbocycles. The normalized spacial score (nSPS) is 23.1. The van der Waals surface area contributed by atoms with E-state index in [-0.39, 0.29) is 6.03 Å². The summed E-state index contributed by atoms with van der Waals surface area (Å²) in [5.74, 6) is 0.730. The summed E-state index contributed by atoms with van der Waals surface area (Å²) in [7, 11) is 0. The first-order valence-corrected chi connectivity index (χ1v) is 5.89. The lowest BCUT2D eigenvalue weighted by Gasteiger charge is -2.21. The Bertz CT molecular complexity index is 195. The van der Waals surface area contributed by atoms with E-state index in [9.17, 15) is 4.79 Å². The molecule has 0 atom stereocenters. The molecule has 2 rings (SSSR count). The summed E-state index contributed by atoms with van der Waals surface area (Å²) in [5.41, 5.74) is 0. The van der Waals surface area contributed by atoms with E-state index in [2.05, 4.69) is 10.6 Å². The van der Waals surface area contributed by atoms with Gasteiger partial charge >= 0.3 is 6.03 Å². The molecule has 0 spiro atoms. The minimum atomic E-state index is 0.0399. The highest BCUT2D eigenvalue weighted by molar-refractivity contribution is 5.74. The van der Waals surface area contributed by atoms with Gasteiger partial charge < -0.3 is 10.6 Å². The maximum Gasteiger partial charge on any atom is 0.315 e. The molecule has 14 heavy (non-hydrogen) atoms. The molecule has 2 aliphatic rings. The Balaban J connectivity index is 1.57. The molecule has 0 bridgehead atoms. The van der Waals surface area contributed by atoms with Crippen molar-refractivity contribution < 1.29 is 4.79 Å². The zero-order valence-corrected chi connectivity index (χ0v) is 8.72. The molecule has 2 saturated carbocycles. The van der Waals surface area contributed by atoms with Gasteiger partial charge in [-0.1, -0.05) is 19.3 Å². The van der Waals surface area contributed by atoms with Gasteiger partial charge in [-0.2, -0.15) is 0 Å². The van der Waals surface area contributed by atoms with Gasteiger partial charge in [0.2, 0.25) is 0 Å². The third-order valence-corrected chi connectivity index (χ3v) is 3.19. The van der Waals surface area contributed by atoms with E-state index < -0.39 is 0 Å². The molecule has 3 nitrogen and oxygen atoms in total. The van der Waals surface area contributed by atoms with Crippen LogP contribution in [-0.4, -0.2) is 18.6 Å². The Morgan fingerprint density at radius 1 is 1.07 bits per heavy atom. The number of hydrogen-bond acceptors (Lipinski definition) is 1. The van der Waals surface area contributed by atoms with Crippen LogP contribution in [0.4, 0.5) is 4.79 Å². The Hall–Kier alpha value is -0.730. The van der Waals surface area contributed by atoms with Crippen LogP contribution in [0, 0.1) is 5.92 Å². The number of rotatable bonds is 3. The maximum atomic E-state index is 11.3. The molecular formula is C11H20N2O. The molecule has 0 aromatic rings. The minimum absolute atomic E-state index is 0.0399. The van der Waals surface area contributed by atoms with Crippen molar-refractivity contribution in [2.24, 2.45) is 5.92 Å². The molecular weight excluding hydrogens is 176 g/mol. The van der Waals surface area contributed by atoms with E-state index in [1.165, 1.54) is 32.1 Å². The van der Waals surface area contributed by atoms with Crippen molar-refractivity contribution in [1.29, 1.82) is 0 Å². The van der Waals surface area contributed by atoms with Gasteiger partial charge in [-0.15, -0.1) is 0 Å². The molecule has 2 amide bonds. The maximum absolute atomic E-state index is 11.3. The van der Waals surface area contributed by atoms with Crippen LogP contribution in [0.1, 0.15) is 44.9 Å². The quantitative estimate of drug-likeness (QED) is 0.712. The number of urea groups is 1. The molecule has 0 heterocycles. The highest BCUT2D eigenvalue weighted by atomic mass is 16.2. The summed E-state index contributed by atoms with van der Waals surface area (Å²) >= 11 is 0. The highest BCUT2D eigenvalue weighted by Crippen LogP contribution is 2.22. The highest BCUT2D eigenvalue weighted by Gasteiger charge is 2.23. The van der Waals surface area contributed by atoms with E-state index in [0.29, 0.717) is 6.04 Å². The van der Waals surface area contributed by atoms with E-state index in [1.807, 2.05) is 0 Å². The number of carbonyl (C=O) groups is 1. The van der Waals surface area contributed by atoms with E-state index in [1.54, 1.807) is 0 Å². The fourth-order valence-corrected chi connectivity index (χ4v) is 2.09. The van der Waals surface area contributed by atoms with Gasteiger partial charge in [0.05, 0.1) is 0 Å². The van der Waals surface area contributed by atoms with Crippen LogP contribution < -0.4 is 10.6 Å². The lowest BCUT2D eigenvalue weighted by molar-refractivity contribution is 0.236. The fraction of sp³-hybridized carbons (Fsp3) is 0.909. The van der Waals surface area contributed by atoms with Crippen LogP contribution in [-0.2, 0) is 0 Å². The number of carbonyl (C=O) groups excluding carboxylic acids is 1. The second-order valence-electron chi connectivity index (χ2n) is 4.63. The van der Waals surface area contributed by atoms with Crippen molar-refractivity contribution in [2.75, 3.05) is 6.54 Å². The monoisotopic (exact) mass is 196 g/mol. The van der Waals surface area contributed by atoms with E-state index in [0.717, 1.165) is 25.3 Å². The largest absolute Gasteiger partial charge is 0.338 e. The predicted octanol–water partition coefficient (Wildman–Crippen LogP) is 2.03. The van der Waals surface area contributed by atoms with Gasteiger partial charge in [0.25, 0.3) is 0 Å². The third-order valence-electron chi connectivity index (χ3n) is 3.19. The Morgan fingerprint density at radius 3 is 2.43 bits per heavy atom. The first-order chi connectivity index (χ1) is 6.84. The third kappa shape index (κ3) is 3.20. The molecule has 0 unspecified atom stereocenters. The van der Waals surface area contributed by atoms with Crippen LogP contribution in [0.5, 0.6) is 0 Å². The Morgan fingerprint density at radius 2 is 1.79 bits per heavy atom. The summed E-state index contributed by atoms with van der Waals surface area (Å²) in [6, 6.07) is 0.513. The molecule has 80 valence electrons. The molecule has 0 radical (unpaired) electrons. The van der Waals surface area contributed by atoms with E-state index in [4.69, 9.17) is 0 Å². The van der Waals surface area contributed by atoms with Gasteiger partial charge in [0.1, 0.15) is 0 Å². The summed E-state index contributed by atoms with van der Waals surface area (Å²) in [6.07, 6.45) is 8.99. The van der Waals surface area contributed by atoms with Crippen LogP contribution >= 0.6 is 0 Å². The lowest BCUT2D eigenvalue weighted by Crippen LogP contribution is -2.39. The van der Waals surface area contributed by atoms with E-state index >= 15 is 0 Å². The van der Waals surface area contributed by atoms with Crippen molar-refractivity contribution in [1.82, 2.24) is 10.6 Å². The lowest BCUT2D eigenvalue weighted by atomic mass is 9.89. The van der Waals surface area contributed by atoms with Crippen molar-refractivity contribution >= 4 is 6.03 Å². The van der Waals surface area contributed by atoms with Gasteiger partial charge in [0.15, 0.2) is 0 Å². The van der Waals surface area contributed by atoms with Gasteiger partial charge in [-0.25, -0.2) is 4.79 Å².